The molecule has 3 rings (SSSR count). The van der Waals surface area contributed by atoms with Gasteiger partial charge in [-0.2, -0.15) is 0 Å². The molecule has 0 saturated carbocycles. The molecule has 1 atom stereocenters. The van der Waals surface area contributed by atoms with Gasteiger partial charge in [-0.3, -0.25) is 14.6 Å². The normalized spacial score (nSPS) is 16.4. The molecule has 1 aliphatic rings. The number of halogens is 2. The minimum atomic E-state index is -0.259. The maximum absolute atomic E-state index is 12.5. The van der Waals surface area contributed by atoms with Crippen molar-refractivity contribution in [2.45, 2.75) is 26.3 Å². The Hall–Kier alpha value is -1.96. The van der Waals surface area contributed by atoms with Crippen LogP contribution in [0.5, 0.6) is 0 Å². The van der Waals surface area contributed by atoms with E-state index in [0.29, 0.717) is 23.6 Å². The summed E-state index contributed by atoms with van der Waals surface area (Å²) in [6.07, 6.45) is 3.37. The zero-order valence-corrected chi connectivity index (χ0v) is 16.3. The number of nitrogens with one attached hydrogen (secondary N) is 2. The molecule has 0 unspecified atom stereocenters. The van der Waals surface area contributed by atoms with E-state index < -0.39 is 0 Å². The summed E-state index contributed by atoms with van der Waals surface area (Å²) in [5.74, 6) is 0.461. The van der Waals surface area contributed by atoms with Crippen LogP contribution >= 0.6 is 24.8 Å². The van der Waals surface area contributed by atoms with Crippen molar-refractivity contribution >= 4 is 30.7 Å². The third kappa shape index (κ3) is 4.81. The average molecular weight is 400 g/mol. The Balaban J connectivity index is 0.00000169. The Labute approximate surface area is 164 Å². The molecule has 1 aliphatic heterocycles. The maximum Gasteiger partial charge on any atom is 0.255 e. The maximum atomic E-state index is 12.5. The van der Waals surface area contributed by atoms with Crippen LogP contribution in [-0.2, 0) is 11.2 Å². The SMILES string of the molecule is Cc1nc(-c2ccncc2)[nH]c(=O)c1CC(=O)N1CCNC[C@H]1C.Cl.Cl. The van der Waals surface area contributed by atoms with Crippen LogP contribution in [0.3, 0.4) is 0 Å². The van der Waals surface area contributed by atoms with Crippen LogP contribution in [-0.4, -0.2) is 51.4 Å². The van der Waals surface area contributed by atoms with Crippen molar-refractivity contribution in [3.05, 3.63) is 46.1 Å². The van der Waals surface area contributed by atoms with Gasteiger partial charge in [-0.05, 0) is 26.0 Å². The summed E-state index contributed by atoms with van der Waals surface area (Å²) < 4.78 is 0. The molecule has 2 N–H and O–H groups in total. The summed E-state index contributed by atoms with van der Waals surface area (Å²) in [4.78, 5) is 38.0. The van der Waals surface area contributed by atoms with Gasteiger partial charge < -0.3 is 15.2 Å². The van der Waals surface area contributed by atoms with Crippen LogP contribution in [0.15, 0.2) is 29.3 Å². The minimum absolute atomic E-state index is 0. The van der Waals surface area contributed by atoms with Gasteiger partial charge in [-0.1, -0.05) is 0 Å². The number of carbonyl (C=O) groups is 1. The highest BCUT2D eigenvalue weighted by molar-refractivity contribution is 5.85. The molecule has 7 nitrogen and oxygen atoms in total. The quantitative estimate of drug-likeness (QED) is 0.812. The number of piperazine rings is 1. The molecule has 2 aromatic rings. The lowest BCUT2D eigenvalue weighted by molar-refractivity contribution is -0.133. The number of aromatic amines is 1. The first kappa shape index (κ1) is 22.1. The number of pyridine rings is 1. The van der Waals surface area contributed by atoms with Gasteiger partial charge in [0, 0.05) is 54.9 Å². The highest BCUT2D eigenvalue weighted by Crippen LogP contribution is 2.14. The second kappa shape index (κ2) is 9.66. The lowest BCUT2D eigenvalue weighted by atomic mass is 10.1. The third-order valence-corrected chi connectivity index (χ3v) is 4.33. The van der Waals surface area contributed by atoms with Crippen molar-refractivity contribution in [1.29, 1.82) is 0 Å². The molecule has 26 heavy (non-hydrogen) atoms. The van der Waals surface area contributed by atoms with Crippen molar-refractivity contribution in [2.24, 2.45) is 0 Å². The van der Waals surface area contributed by atoms with E-state index in [2.05, 4.69) is 20.3 Å². The summed E-state index contributed by atoms with van der Waals surface area (Å²) in [7, 11) is 0. The number of nitrogens with zero attached hydrogens (tertiary/aromatic N) is 3. The standard InChI is InChI=1S/C17H21N5O2.2ClH/c1-11-10-19-7-8-22(11)15(23)9-14-12(2)20-16(21-17(14)24)13-3-5-18-6-4-13;;/h3-6,11,19H,7-10H2,1-2H3,(H,20,21,24);2*1H/t11-;;/m1../s1. The predicted molar refractivity (Wildman–Crippen MR) is 105 cm³/mol. The molecule has 0 aliphatic carbocycles. The van der Waals surface area contributed by atoms with E-state index in [9.17, 15) is 9.59 Å². The van der Waals surface area contributed by atoms with E-state index in [1.54, 1.807) is 31.5 Å². The molecule has 1 saturated heterocycles. The molecule has 0 bridgehead atoms. The zero-order chi connectivity index (χ0) is 17.1. The number of H-pyrrole nitrogens is 1. The van der Waals surface area contributed by atoms with E-state index in [0.717, 1.165) is 18.7 Å². The Kier molecular flexibility index (Phi) is 8.20. The molecule has 3 heterocycles. The van der Waals surface area contributed by atoms with Gasteiger partial charge in [0.05, 0.1) is 6.42 Å². The van der Waals surface area contributed by atoms with Crippen LogP contribution < -0.4 is 10.9 Å². The fraction of sp³-hybridized carbons (Fsp3) is 0.412. The Morgan fingerprint density at radius 3 is 2.62 bits per heavy atom. The van der Waals surface area contributed by atoms with Crippen molar-refractivity contribution in [1.82, 2.24) is 25.2 Å². The number of hydrogen-bond acceptors (Lipinski definition) is 5. The molecule has 1 fully saturated rings. The highest BCUT2D eigenvalue weighted by Gasteiger charge is 2.24. The van der Waals surface area contributed by atoms with Gasteiger partial charge in [0.25, 0.3) is 5.56 Å². The molecular weight excluding hydrogens is 377 g/mol. The summed E-state index contributed by atoms with van der Waals surface area (Å²) in [6.45, 7) is 6.00. The van der Waals surface area contributed by atoms with Crippen LogP contribution in [0, 0.1) is 6.92 Å². The lowest BCUT2D eigenvalue weighted by Gasteiger charge is -2.34. The van der Waals surface area contributed by atoms with Gasteiger partial charge in [0.1, 0.15) is 5.82 Å². The van der Waals surface area contributed by atoms with Crippen molar-refractivity contribution < 1.29 is 4.79 Å². The molecule has 2 aromatic heterocycles. The van der Waals surface area contributed by atoms with E-state index in [1.807, 2.05) is 11.8 Å². The zero-order valence-electron chi connectivity index (χ0n) is 14.7. The average Bonchev–Trinajstić information content (AvgIpc) is 2.59. The monoisotopic (exact) mass is 399 g/mol. The van der Waals surface area contributed by atoms with Crippen LogP contribution in [0.4, 0.5) is 0 Å². The highest BCUT2D eigenvalue weighted by atomic mass is 35.5. The van der Waals surface area contributed by atoms with E-state index >= 15 is 0 Å². The summed E-state index contributed by atoms with van der Waals surface area (Å²) in [6, 6.07) is 3.70. The predicted octanol–water partition coefficient (Wildman–Crippen LogP) is 1.35. The topological polar surface area (TPSA) is 91.0 Å². The summed E-state index contributed by atoms with van der Waals surface area (Å²) in [5, 5.41) is 3.25. The second-order valence-corrected chi connectivity index (χ2v) is 6.03. The van der Waals surface area contributed by atoms with Crippen molar-refractivity contribution in [3.63, 3.8) is 0 Å². The largest absolute Gasteiger partial charge is 0.337 e. The second-order valence-electron chi connectivity index (χ2n) is 6.03. The molecule has 1 amide bonds. The van der Waals surface area contributed by atoms with E-state index in [-0.39, 0.29) is 48.7 Å². The Morgan fingerprint density at radius 1 is 1.31 bits per heavy atom. The van der Waals surface area contributed by atoms with Crippen molar-refractivity contribution in [3.8, 4) is 11.4 Å². The van der Waals surface area contributed by atoms with Gasteiger partial charge in [0.15, 0.2) is 0 Å². The number of aryl methyl sites for hydroxylation is 1. The number of hydrogen-bond donors (Lipinski definition) is 2. The van der Waals surface area contributed by atoms with Gasteiger partial charge in [-0.15, -0.1) is 24.8 Å². The number of amides is 1. The van der Waals surface area contributed by atoms with Crippen LogP contribution in [0.1, 0.15) is 18.2 Å². The summed E-state index contributed by atoms with van der Waals surface area (Å²) >= 11 is 0. The first-order valence-corrected chi connectivity index (χ1v) is 8.06. The van der Waals surface area contributed by atoms with E-state index in [4.69, 9.17) is 0 Å². The number of aromatic nitrogens is 3. The van der Waals surface area contributed by atoms with Gasteiger partial charge in [0.2, 0.25) is 5.91 Å². The summed E-state index contributed by atoms with van der Waals surface area (Å²) in [5.41, 5.74) is 1.55. The fourth-order valence-corrected chi connectivity index (χ4v) is 2.93. The number of rotatable bonds is 3. The first-order chi connectivity index (χ1) is 11.6. The Bertz CT molecular complexity index is 797. The molecule has 0 spiro atoms. The van der Waals surface area contributed by atoms with Crippen LogP contribution in [0.2, 0.25) is 0 Å². The van der Waals surface area contributed by atoms with Crippen molar-refractivity contribution in [2.75, 3.05) is 19.6 Å². The molecule has 142 valence electrons. The molecule has 0 aromatic carbocycles. The molecule has 9 heteroatoms. The number of carbonyl (C=O) groups excluding carboxylic acids is 1. The smallest absolute Gasteiger partial charge is 0.255 e. The molecular formula is C17H23Cl2N5O2. The first-order valence-electron chi connectivity index (χ1n) is 8.06. The Morgan fingerprint density at radius 2 is 2.00 bits per heavy atom. The minimum Gasteiger partial charge on any atom is -0.337 e. The van der Waals surface area contributed by atoms with Crippen LogP contribution in [0.25, 0.3) is 11.4 Å². The molecule has 0 radical (unpaired) electrons. The van der Waals surface area contributed by atoms with Gasteiger partial charge in [-0.25, -0.2) is 4.98 Å². The third-order valence-electron chi connectivity index (χ3n) is 4.33. The van der Waals surface area contributed by atoms with E-state index in [1.165, 1.54) is 0 Å². The fourth-order valence-electron chi connectivity index (χ4n) is 2.93. The lowest BCUT2D eigenvalue weighted by Crippen LogP contribution is -2.52. The van der Waals surface area contributed by atoms with Gasteiger partial charge >= 0.3 is 0 Å².